The van der Waals surface area contributed by atoms with E-state index >= 15 is 0 Å². The van der Waals surface area contributed by atoms with Crippen molar-refractivity contribution < 1.29 is 9.13 Å². The van der Waals surface area contributed by atoms with Crippen molar-refractivity contribution in [1.29, 1.82) is 0 Å². The SMILES string of the molecule is C=CCn1c(=O)c2cnc(Nc3ccc(N4CCN(C)CC4)c(OC)c3)nc2n1-c1cccc(-c2ncc(F)cn2)n1. The fourth-order valence-electron chi connectivity index (χ4n) is 4.91. The van der Waals surface area contributed by atoms with Gasteiger partial charge in [-0.1, -0.05) is 12.1 Å². The molecule has 1 N–H and O–H groups in total. The van der Waals surface area contributed by atoms with E-state index in [0.717, 1.165) is 55.7 Å². The number of likely N-dealkylation sites (N-methyl/N-ethyl adjacent to an activating group) is 1. The van der Waals surface area contributed by atoms with Crippen LogP contribution in [0.2, 0.25) is 0 Å². The number of anilines is 3. The number of methoxy groups -OCH3 is 1. The Morgan fingerprint density at radius 2 is 1.83 bits per heavy atom. The second-order valence-corrected chi connectivity index (χ2v) is 9.83. The highest BCUT2D eigenvalue weighted by Crippen LogP contribution is 2.33. The number of aromatic nitrogens is 7. The summed E-state index contributed by atoms with van der Waals surface area (Å²) in [6.45, 7) is 7.81. The van der Waals surface area contributed by atoms with Gasteiger partial charge in [0.25, 0.3) is 5.56 Å². The van der Waals surface area contributed by atoms with Crippen molar-refractivity contribution in [2.75, 3.05) is 50.6 Å². The summed E-state index contributed by atoms with van der Waals surface area (Å²) in [5, 5.41) is 3.56. The van der Waals surface area contributed by atoms with Gasteiger partial charge in [-0.25, -0.2) is 33.7 Å². The molecule has 42 heavy (non-hydrogen) atoms. The third-order valence-corrected chi connectivity index (χ3v) is 7.06. The summed E-state index contributed by atoms with van der Waals surface area (Å²) in [5.41, 5.74) is 2.23. The first-order chi connectivity index (χ1) is 20.4. The number of hydrogen-bond donors (Lipinski definition) is 1. The smallest absolute Gasteiger partial charge is 0.278 e. The summed E-state index contributed by atoms with van der Waals surface area (Å²) in [4.78, 5) is 39.8. The van der Waals surface area contributed by atoms with Gasteiger partial charge in [-0.2, -0.15) is 4.98 Å². The second kappa shape index (κ2) is 11.4. The van der Waals surface area contributed by atoms with Crippen LogP contribution in [-0.2, 0) is 6.54 Å². The molecular formula is C29H29FN10O2. The van der Waals surface area contributed by atoms with E-state index in [2.05, 4.69) is 48.7 Å². The molecule has 0 atom stereocenters. The number of pyridine rings is 1. The molecule has 214 valence electrons. The van der Waals surface area contributed by atoms with E-state index in [9.17, 15) is 9.18 Å². The van der Waals surface area contributed by atoms with E-state index in [0.29, 0.717) is 28.5 Å². The van der Waals surface area contributed by atoms with Crippen LogP contribution in [0, 0.1) is 5.82 Å². The monoisotopic (exact) mass is 568 g/mol. The normalized spacial score (nSPS) is 13.8. The molecule has 1 fully saturated rings. The summed E-state index contributed by atoms with van der Waals surface area (Å²) in [6, 6.07) is 11.1. The van der Waals surface area contributed by atoms with Gasteiger partial charge < -0.3 is 19.9 Å². The fraction of sp³-hybridized carbons (Fsp3) is 0.241. The first kappa shape index (κ1) is 27.0. The van der Waals surface area contributed by atoms with Crippen LogP contribution in [0.3, 0.4) is 0 Å². The van der Waals surface area contributed by atoms with Gasteiger partial charge in [-0.3, -0.25) is 4.79 Å². The number of fused-ring (bicyclic) bond motifs is 1. The maximum absolute atomic E-state index is 13.4. The fourth-order valence-corrected chi connectivity index (χ4v) is 4.91. The molecule has 0 bridgehead atoms. The van der Waals surface area contributed by atoms with Crippen molar-refractivity contribution in [2.24, 2.45) is 0 Å². The predicted octanol–water partition coefficient (Wildman–Crippen LogP) is 3.26. The van der Waals surface area contributed by atoms with E-state index in [1.165, 1.54) is 10.9 Å². The van der Waals surface area contributed by atoms with Crippen molar-refractivity contribution in [1.82, 2.24) is 39.2 Å². The summed E-state index contributed by atoms with van der Waals surface area (Å²) in [6.07, 6.45) is 5.26. The van der Waals surface area contributed by atoms with Gasteiger partial charge in [0.15, 0.2) is 23.1 Å². The molecule has 1 aliphatic rings. The molecule has 0 saturated carbocycles. The van der Waals surface area contributed by atoms with E-state index in [-0.39, 0.29) is 17.9 Å². The molecule has 0 spiro atoms. The van der Waals surface area contributed by atoms with E-state index in [1.807, 2.05) is 18.2 Å². The topological polar surface area (TPSA) is 119 Å². The summed E-state index contributed by atoms with van der Waals surface area (Å²) in [7, 11) is 3.77. The molecule has 5 aromatic rings. The lowest BCUT2D eigenvalue weighted by Crippen LogP contribution is -2.44. The van der Waals surface area contributed by atoms with Crippen LogP contribution in [0.5, 0.6) is 5.75 Å². The minimum Gasteiger partial charge on any atom is -0.495 e. The Hall–Kier alpha value is -5.17. The molecule has 0 amide bonds. The lowest BCUT2D eigenvalue weighted by Gasteiger charge is -2.34. The molecule has 0 radical (unpaired) electrons. The number of nitrogens with zero attached hydrogens (tertiary/aromatic N) is 9. The second-order valence-electron chi connectivity index (χ2n) is 9.83. The van der Waals surface area contributed by atoms with Crippen LogP contribution < -0.4 is 20.5 Å². The zero-order valence-corrected chi connectivity index (χ0v) is 23.2. The van der Waals surface area contributed by atoms with Gasteiger partial charge in [-0.05, 0) is 31.3 Å². The number of nitrogens with one attached hydrogen (secondary N) is 1. The minimum atomic E-state index is -0.547. The van der Waals surface area contributed by atoms with Crippen LogP contribution in [0.25, 0.3) is 28.4 Å². The first-order valence-electron chi connectivity index (χ1n) is 13.4. The molecule has 4 aromatic heterocycles. The Balaban J connectivity index is 1.38. The summed E-state index contributed by atoms with van der Waals surface area (Å²) < 4.78 is 22.2. The zero-order chi connectivity index (χ0) is 29.2. The highest BCUT2D eigenvalue weighted by atomic mass is 19.1. The van der Waals surface area contributed by atoms with Crippen molar-refractivity contribution in [3.8, 4) is 23.1 Å². The largest absolute Gasteiger partial charge is 0.495 e. The van der Waals surface area contributed by atoms with Gasteiger partial charge in [0.05, 0.1) is 31.7 Å². The van der Waals surface area contributed by atoms with Crippen LogP contribution in [0.1, 0.15) is 0 Å². The molecule has 1 aliphatic heterocycles. The highest BCUT2D eigenvalue weighted by molar-refractivity contribution is 5.77. The lowest BCUT2D eigenvalue weighted by atomic mass is 10.2. The third kappa shape index (κ3) is 5.17. The van der Waals surface area contributed by atoms with Gasteiger partial charge in [0.2, 0.25) is 5.95 Å². The third-order valence-electron chi connectivity index (χ3n) is 7.06. The maximum atomic E-state index is 13.4. The van der Waals surface area contributed by atoms with Crippen molar-refractivity contribution in [3.05, 3.63) is 83.8 Å². The number of allylic oxidation sites excluding steroid dienone is 1. The zero-order valence-electron chi connectivity index (χ0n) is 23.2. The number of piperazine rings is 1. The van der Waals surface area contributed by atoms with E-state index in [1.54, 1.807) is 36.1 Å². The number of halogens is 1. The Labute approximate surface area is 240 Å². The Kier molecular flexibility index (Phi) is 7.32. The highest BCUT2D eigenvalue weighted by Gasteiger charge is 2.20. The van der Waals surface area contributed by atoms with Crippen molar-refractivity contribution in [2.45, 2.75) is 6.54 Å². The maximum Gasteiger partial charge on any atom is 0.278 e. The number of rotatable bonds is 8. The molecular weight excluding hydrogens is 539 g/mol. The van der Waals surface area contributed by atoms with E-state index in [4.69, 9.17) is 9.72 Å². The predicted molar refractivity (Wildman–Crippen MR) is 158 cm³/mol. The van der Waals surface area contributed by atoms with Crippen molar-refractivity contribution >= 4 is 28.4 Å². The lowest BCUT2D eigenvalue weighted by molar-refractivity contribution is 0.311. The van der Waals surface area contributed by atoms with E-state index < -0.39 is 5.82 Å². The van der Waals surface area contributed by atoms with Crippen LogP contribution in [0.4, 0.5) is 21.7 Å². The average molecular weight is 569 g/mol. The first-order valence-corrected chi connectivity index (χ1v) is 13.4. The van der Waals surface area contributed by atoms with Crippen LogP contribution in [0.15, 0.2) is 72.4 Å². The number of benzene rings is 1. The van der Waals surface area contributed by atoms with Crippen molar-refractivity contribution in [3.63, 3.8) is 0 Å². The molecule has 13 heteroatoms. The molecule has 1 saturated heterocycles. The Morgan fingerprint density at radius 1 is 1.05 bits per heavy atom. The van der Waals surface area contributed by atoms with Gasteiger partial charge >= 0.3 is 0 Å². The molecule has 5 heterocycles. The summed E-state index contributed by atoms with van der Waals surface area (Å²) in [5.74, 6) is 1.13. The molecule has 12 nitrogen and oxygen atoms in total. The number of ether oxygens (including phenoxy) is 1. The van der Waals surface area contributed by atoms with Gasteiger partial charge in [0, 0.05) is 44.1 Å². The standard InChI is InChI=1S/C29H29FN10O2/c1-4-10-39-28(41)21-18-33-29(34-20-8-9-23(24(15-20)42-3)38-13-11-37(2)12-14-38)36-27(21)40(39)25-7-5-6-22(35-25)26-31-16-19(30)17-32-26/h4-9,15-18H,1,10-14H2,2-3H3,(H,33,34,36). The summed E-state index contributed by atoms with van der Waals surface area (Å²) >= 11 is 0. The quantitative estimate of drug-likeness (QED) is 0.279. The van der Waals surface area contributed by atoms with Crippen LogP contribution >= 0.6 is 0 Å². The molecule has 1 aromatic carbocycles. The Bertz CT molecular complexity index is 1810. The average Bonchev–Trinajstić information content (AvgIpc) is 3.28. The number of hydrogen-bond acceptors (Lipinski definition) is 10. The van der Waals surface area contributed by atoms with Gasteiger partial charge in [-0.15, -0.1) is 6.58 Å². The molecule has 0 unspecified atom stereocenters. The van der Waals surface area contributed by atoms with Crippen LogP contribution in [-0.4, -0.2) is 79.5 Å². The van der Waals surface area contributed by atoms with Gasteiger partial charge in [0.1, 0.15) is 16.8 Å². The minimum absolute atomic E-state index is 0.210. The Morgan fingerprint density at radius 3 is 2.57 bits per heavy atom. The molecule has 0 aliphatic carbocycles. The molecule has 6 rings (SSSR count).